The van der Waals surface area contributed by atoms with Crippen LogP contribution >= 0.6 is 0 Å². The molecule has 1 saturated heterocycles. The Kier molecular flexibility index (Phi) is 2.99. The maximum absolute atomic E-state index is 11.8. The minimum Gasteiger partial charge on any atom is -0.330 e. The molecule has 2 rings (SSSR count). The van der Waals surface area contributed by atoms with Gasteiger partial charge >= 0.3 is 0 Å². The van der Waals surface area contributed by atoms with Gasteiger partial charge in [0.05, 0.1) is 11.8 Å². The molecule has 2 fully saturated rings. The van der Waals surface area contributed by atoms with Crippen LogP contribution < -0.4 is 16.8 Å². The lowest BCUT2D eigenvalue weighted by Gasteiger charge is -2.45. The van der Waals surface area contributed by atoms with Crippen molar-refractivity contribution in [1.29, 1.82) is 0 Å². The molecule has 5 nitrogen and oxygen atoms in total. The van der Waals surface area contributed by atoms with Crippen LogP contribution in [0.25, 0.3) is 0 Å². The first-order chi connectivity index (χ1) is 7.65. The summed E-state index contributed by atoms with van der Waals surface area (Å²) in [4.78, 5) is 23.6. The van der Waals surface area contributed by atoms with Crippen LogP contribution in [0.5, 0.6) is 0 Å². The fourth-order valence-electron chi connectivity index (χ4n) is 3.47. The summed E-state index contributed by atoms with van der Waals surface area (Å²) in [6.07, 6.45) is 3.92. The van der Waals surface area contributed by atoms with Gasteiger partial charge in [0.25, 0.3) is 0 Å². The molecule has 16 heavy (non-hydrogen) atoms. The highest BCUT2D eigenvalue weighted by Gasteiger charge is 2.55. The van der Waals surface area contributed by atoms with Crippen LogP contribution in [0, 0.1) is 17.3 Å². The molecule has 2 atom stereocenters. The molecular weight excluding hydrogens is 206 g/mol. The lowest BCUT2D eigenvalue weighted by atomic mass is 9.62. The second kappa shape index (κ2) is 4.14. The summed E-state index contributed by atoms with van der Waals surface area (Å²) in [6, 6.07) is 0. The monoisotopic (exact) mass is 225 g/mol. The van der Waals surface area contributed by atoms with E-state index < -0.39 is 0 Å². The van der Waals surface area contributed by atoms with Gasteiger partial charge in [-0.25, -0.2) is 0 Å². The van der Waals surface area contributed by atoms with E-state index in [2.05, 4.69) is 5.32 Å². The number of hydrogen-bond donors (Lipinski definition) is 3. The van der Waals surface area contributed by atoms with E-state index >= 15 is 0 Å². The normalized spacial score (nSPS) is 33.1. The molecule has 0 aromatic rings. The predicted molar refractivity (Wildman–Crippen MR) is 59.1 cm³/mol. The van der Waals surface area contributed by atoms with Gasteiger partial charge in [0.2, 0.25) is 11.8 Å². The highest BCUT2D eigenvalue weighted by atomic mass is 16.2. The van der Waals surface area contributed by atoms with Gasteiger partial charge in [-0.2, -0.15) is 0 Å². The molecule has 1 heterocycles. The van der Waals surface area contributed by atoms with Crippen LogP contribution in [0.4, 0.5) is 0 Å². The minimum absolute atomic E-state index is 0.209. The van der Waals surface area contributed by atoms with E-state index in [1.165, 1.54) is 0 Å². The predicted octanol–water partition coefficient (Wildman–Crippen LogP) is -0.647. The maximum Gasteiger partial charge on any atom is 0.231 e. The fraction of sp³-hybridized carbons (Fsp3) is 0.818. The van der Waals surface area contributed by atoms with Gasteiger partial charge in [-0.3, -0.25) is 14.9 Å². The fourth-order valence-corrected chi connectivity index (χ4v) is 3.47. The molecular formula is C11H19N3O2. The third-order valence-corrected chi connectivity index (χ3v) is 4.27. The van der Waals surface area contributed by atoms with Crippen molar-refractivity contribution in [3.63, 3.8) is 0 Å². The van der Waals surface area contributed by atoms with Crippen LogP contribution in [0.2, 0.25) is 0 Å². The zero-order valence-corrected chi connectivity index (χ0v) is 9.37. The first-order valence-electron chi connectivity index (χ1n) is 5.90. The third kappa shape index (κ3) is 1.46. The number of hydrogen-bond acceptors (Lipinski definition) is 4. The highest BCUT2D eigenvalue weighted by Crippen LogP contribution is 2.51. The van der Waals surface area contributed by atoms with Crippen molar-refractivity contribution >= 4 is 11.8 Å². The Morgan fingerprint density at radius 3 is 1.88 bits per heavy atom. The summed E-state index contributed by atoms with van der Waals surface area (Å²) in [5.74, 6) is -0.916. The summed E-state index contributed by atoms with van der Waals surface area (Å²) in [6.45, 7) is 0.602. The van der Waals surface area contributed by atoms with Crippen LogP contribution in [-0.2, 0) is 9.59 Å². The van der Waals surface area contributed by atoms with Crippen molar-refractivity contribution in [3.8, 4) is 0 Å². The summed E-state index contributed by atoms with van der Waals surface area (Å²) in [5.41, 5.74) is 11.1. The van der Waals surface area contributed by atoms with Crippen LogP contribution in [-0.4, -0.2) is 24.9 Å². The summed E-state index contributed by atoms with van der Waals surface area (Å²) in [7, 11) is 0. The van der Waals surface area contributed by atoms with E-state index in [1.54, 1.807) is 0 Å². The molecule has 5 heteroatoms. The van der Waals surface area contributed by atoms with E-state index in [1.807, 2.05) is 0 Å². The Hall–Kier alpha value is -0.940. The Labute approximate surface area is 94.9 Å². The largest absolute Gasteiger partial charge is 0.330 e. The molecule has 2 amide bonds. The Morgan fingerprint density at radius 1 is 1.06 bits per heavy atom. The molecule has 1 saturated carbocycles. The second-order valence-electron chi connectivity index (χ2n) is 4.87. The lowest BCUT2D eigenvalue weighted by molar-refractivity contribution is -0.149. The molecule has 0 radical (unpaired) electrons. The first kappa shape index (κ1) is 11.5. The number of piperidine rings is 1. The smallest absolute Gasteiger partial charge is 0.231 e. The van der Waals surface area contributed by atoms with E-state index in [0.29, 0.717) is 13.1 Å². The third-order valence-electron chi connectivity index (χ3n) is 4.27. The van der Waals surface area contributed by atoms with E-state index in [-0.39, 0.29) is 29.1 Å². The van der Waals surface area contributed by atoms with Crippen molar-refractivity contribution < 1.29 is 9.59 Å². The number of amides is 2. The topological polar surface area (TPSA) is 98.2 Å². The zero-order valence-electron chi connectivity index (χ0n) is 9.37. The molecule has 1 aliphatic carbocycles. The number of carbonyl (C=O) groups is 2. The van der Waals surface area contributed by atoms with Gasteiger partial charge < -0.3 is 11.5 Å². The van der Waals surface area contributed by atoms with Crippen molar-refractivity contribution in [2.24, 2.45) is 28.7 Å². The van der Waals surface area contributed by atoms with E-state index in [4.69, 9.17) is 11.5 Å². The molecule has 90 valence electrons. The summed E-state index contributed by atoms with van der Waals surface area (Å²) in [5, 5.41) is 2.39. The Morgan fingerprint density at radius 2 is 1.50 bits per heavy atom. The molecule has 0 aromatic heterocycles. The van der Waals surface area contributed by atoms with Crippen molar-refractivity contribution in [1.82, 2.24) is 5.32 Å². The average molecular weight is 225 g/mol. The van der Waals surface area contributed by atoms with E-state index in [0.717, 1.165) is 25.7 Å². The number of carbonyl (C=O) groups excluding carboxylic acids is 2. The van der Waals surface area contributed by atoms with Gasteiger partial charge in [0.1, 0.15) is 0 Å². The van der Waals surface area contributed by atoms with Crippen LogP contribution in [0.1, 0.15) is 25.7 Å². The standard InChI is InChI=1S/C11H19N3O2/c12-5-7-9(15)14-10(16)8(6-13)11(7)3-1-2-4-11/h7-8H,1-6,12-13H2,(H,14,15,16). The average Bonchev–Trinajstić information content (AvgIpc) is 2.68. The minimum atomic E-state index is -0.261. The SMILES string of the molecule is NCC1C(=O)NC(=O)C(CN)C12CCCC2. The van der Waals surface area contributed by atoms with Gasteiger partial charge in [0, 0.05) is 13.1 Å². The van der Waals surface area contributed by atoms with Crippen molar-refractivity contribution in [2.45, 2.75) is 25.7 Å². The molecule has 0 bridgehead atoms. The number of rotatable bonds is 2. The molecule has 2 aliphatic rings. The lowest BCUT2D eigenvalue weighted by Crippen LogP contribution is -2.61. The maximum atomic E-state index is 11.8. The molecule has 5 N–H and O–H groups in total. The Balaban J connectivity index is 2.37. The van der Waals surface area contributed by atoms with Crippen molar-refractivity contribution in [2.75, 3.05) is 13.1 Å². The zero-order chi connectivity index (χ0) is 11.8. The van der Waals surface area contributed by atoms with Gasteiger partial charge in [0.15, 0.2) is 0 Å². The quantitative estimate of drug-likeness (QED) is 0.544. The molecule has 2 unspecified atom stereocenters. The first-order valence-corrected chi connectivity index (χ1v) is 5.90. The summed E-state index contributed by atoms with van der Waals surface area (Å²) >= 11 is 0. The van der Waals surface area contributed by atoms with Crippen LogP contribution in [0.15, 0.2) is 0 Å². The second-order valence-corrected chi connectivity index (χ2v) is 4.87. The van der Waals surface area contributed by atoms with E-state index in [9.17, 15) is 9.59 Å². The van der Waals surface area contributed by atoms with Gasteiger partial charge in [-0.1, -0.05) is 12.8 Å². The van der Waals surface area contributed by atoms with Crippen LogP contribution in [0.3, 0.4) is 0 Å². The molecule has 0 aromatic carbocycles. The number of nitrogens with two attached hydrogens (primary N) is 2. The van der Waals surface area contributed by atoms with Gasteiger partial charge in [-0.05, 0) is 18.3 Å². The van der Waals surface area contributed by atoms with Gasteiger partial charge in [-0.15, -0.1) is 0 Å². The number of imide groups is 1. The molecule has 1 aliphatic heterocycles. The summed E-state index contributed by atoms with van der Waals surface area (Å²) < 4.78 is 0. The highest BCUT2D eigenvalue weighted by molar-refractivity contribution is 6.01. The molecule has 1 spiro atoms. The number of nitrogens with one attached hydrogen (secondary N) is 1. The van der Waals surface area contributed by atoms with Crippen molar-refractivity contribution in [3.05, 3.63) is 0 Å². The Bertz CT molecular complexity index is 286.